The summed E-state index contributed by atoms with van der Waals surface area (Å²) in [6.07, 6.45) is 1.61. The normalized spacial score (nSPS) is 14.2. The SMILES string of the molecule is N[C@@H](CC(=O)N1CCn2cc(C(=O)Nc3nnn[nH]3)nc2C1)Cc1cc(F)ccc1F. The molecule has 2 amide bonds. The molecule has 1 aliphatic rings. The topological polar surface area (TPSA) is 148 Å². The molecular formula is C18H19F2N9O2. The number of fused-ring (bicyclic) bond motifs is 1. The molecule has 13 heteroatoms. The van der Waals surface area contributed by atoms with Crippen LogP contribution in [0.25, 0.3) is 0 Å². The van der Waals surface area contributed by atoms with Gasteiger partial charge in [0.1, 0.15) is 23.2 Å². The number of aromatic amines is 1. The van der Waals surface area contributed by atoms with Gasteiger partial charge in [0.2, 0.25) is 11.9 Å². The van der Waals surface area contributed by atoms with Crippen molar-refractivity contribution in [3.63, 3.8) is 0 Å². The van der Waals surface area contributed by atoms with Crippen LogP contribution in [0.3, 0.4) is 0 Å². The van der Waals surface area contributed by atoms with Crippen molar-refractivity contribution < 1.29 is 18.4 Å². The molecule has 1 aliphatic heterocycles. The Balaban J connectivity index is 1.35. The number of nitrogens with one attached hydrogen (secondary N) is 2. The second-order valence-electron chi connectivity index (χ2n) is 7.16. The Hall–Kier alpha value is -3.74. The highest BCUT2D eigenvalue weighted by atomic mass is 19.1. The highest BCUT2D eigenvalue weighted by Gasteiger charge is 2.25. The number of nitrogens with zero attached hydrogens (tertiary/aromatic N) is 6. The Morgan fingerprint density at radius 1 is 1.29 bits per heavy atom. The molecule has 2 aromatic heterocycles. The summed E-state index contributed by atoms with van der Waals surface area (Å²) in [7, 11) is 0. The first-order valence-electron chi connectivity index (χ1n) is 9.47. The molecule has 1 aromatic carbocycles. The number of tetrazole rings is 1. The predicted molar refractivity (Wildman–Crippen MR) is 102 cm³/mol. The van der Waals surface area contributed by atoms with Crippen molar-refractivity contribution in [1.82, 2.24) is 35.1 Å². The molecule has 4 rings (SSSR count). The summed E-state index contributed by atoms with van der Waals surface area (Å²) in [4.78, 5) is 30.8. The van der Waals surface area contributed by atoms with E-state index in [9.17, 15) is 18.4 Å². The molecule has 31 heavy (non-hydrogen) atoms. The number of benzene rings is 1. The van der Waals surface area contributed by atoms with Crippen molar-refractivity contribution >= 4 is 17.8 Å². The first-order chi connectivity index (χ1) is 14.9. The fourth-order valence-electron chi connectivity index (χ4n) is 3.37. The molecule has 162 valence electrons. The van der Waals surface area contributed by atoms with Gasteiger partial charge in [-0.15, -0.1) is 0 Å². The molecular weight excluding hydrogens is 412 g/mol. The highest BCUT2D eigenvalue weighted by molar-refractivity contribution is 6.01. The van der Waals surface area contributed by atoms with Gasteiger partial charge in [0, 0.05) is 31.7 Å². The Morgan fingerprint density at radius 2 is 2.13 bits per heavy atom. The number of nitrogens with two attached hydrogens (primary N) is 1. The van der Waals surface area contributed by atoms with Crippen LogP contribution in [-0.4, -0.2) is 59.5 Å². The second-order valence-corrected chi connectivity index (χ2v) is 7.16. The van der Waals surface area contributed by atoms with Crippen molar-refractivity contribution in [2.24, 2.45) is 5.73 Å². The minimum absolute atomic E-state index is 0.0253. The third-order valence-electron chi connectivity index (χ3n) is 4.89. The lowest BCUT2D eigenvalue weighted by Crippen LogP contribution is -2.41. The van der Waals surface area contributed by atoms with Crippen molar-refractivity contribution in [3.05, 3.63) is 53.1 Å². The van der Waals surface area contributed by atoms with Crippen LogP contribution in [0, 0.1) is 11.6 Å². The molecule has 3 heterocycles. The van der Waals surface area contributed by atoms with Crippen molar-refractivity contribution in [1.29, 1.82) is 0 Å². The quantitative estimate of drug-likeness (QED) is 0.506. The summed E-state index contributed by atoms with van der Waals surface area (Å²) < 4.78 is 28.9. The van der Waals surface area contributed by atoms with E-state index in [-0.39, 0.29) is 42.5 Å². The Morgan fingerprint density at radius 3 is 2.90 bits per heavy atom. The average Bonchev–Trinajstić information content (AvgIpc) is 3.39. The lowest BCUT2D eigenvalue weighted by Gasteiger charge is -2.28. The van der Waals surface area contributed by atoms with Crippen LogP contribution >= 0.6 is 0 Å². The number of aromatic nitrogens is 6. The van der Waals surface area contributed by atoms with Crippen LogP contribution in [0.4, 0.5) is 14.7 Å². The number of rotatable bonds is 6. The van der Waals surface area contributed by atoms with Gasteiger partial charge < -0.3 is 15.2 Å². The van der Waals surface area contributed by atoms with Gasteiger partial charge in [-0.1, -0.05) is 5.10 Å². The zero-order chi connectivity index (χ0) is 22.0. The molecule has 1 atom stereocenters. The highest BCUT2D eigenvalue weighted by Crippen LogP contribution is 2.17. The van der Waals surface area contributed by atoms with Crippen LogP contribution in [0.1, 0.15) is 28.3 Å². The summed E-state index contributed by atoms with van der Waals surface area (Å²) in [5, 5.41) is 15.2. The Labute approximate surface area is 174 Å². The van der Waals surface area contributed by atoms with E-state index in [0.29, 0.717) is 18.9 Å². The van der Waals surface area contributed by atoms with E-state index in [0.717, 1.165) is 18.2 Å². The zero-order valence-corrected chi connectivity index (χ0v) is 16.3. The minimum Gasteiger partial charge on any atom is -0.333 e. The number of hydrogen-bond acceptors (Lipinski definition) is 7. The van der Waals surface area contributed by atoms with Gasteiger partial charge in [0.25, 0.3) is 5.91 Å². The first-order valence-corrected chi connectivity index (χ1v) is 9.47. The summed E-state index contributed by atoms with van der Waals surface area (Å²) in [6.45, 7) is 1.08. The number of H-pyrrole nitrogens is 1. The van der Waals surface area contributed by atoms with E-state index in [1.807, 2.05) is 0 Å². The maximum atomic E-state index is 13.8. The van der Waals surface area contributed by atoms with Gasteiger partial charge in [-0.05, 0) is 40.6 Å². The molecule has 0 unspecified atom stereocenters. The molecule has 11 nitrogen and oxygen atoms in total. The third kappa shape index (κ3) is 4.71. The molecule has 3 aromatic rings. The number of imidazole rings is 1. The molecule has 0 spiro atoms. The number of carbonyl (C=O) groups excluding carboxylic acids is 2. The molecule has 0 saturated heterocycles. The van der Waals surface area contributed by atoms with Crippen molar-refractivity contribution in [2.75, 3.05) is 11.9 Å². The van der Waals surface area contributed by atoms with Gasteiger partial charge in [-0.2, -0.15) is 0 Å². The van der Waals surface area contributed by atoms with Crippen LogP contribution in [0.2, 0.25) is 0 Å². The molecule has 0 fully saturated rings. The Bertz CT molecular complexity index is 1100. The van der Waals surface area contributed by atoms with E-state index in [1.165, 1.54) is 0 Å². The van der Waals surface area contributed by atoms with E-state index >= 15 is 0 Å². The summed E-state index contributed by atoms with van der Waals surface area (Å²) in [5.41, 5.74) is 6.30. The second kappa shape index (κ2) is 8.55. The number of amides is 2. The van der Waals surface area contributed by atoms with E-state index < -0.39 is 23.6 Å². The molecule has 0 bridgehead atoms. The predicted octanol–water partition coefficient (Wildman–Crippen LogP) is 0.229. The summed E-state index contributed by atoms with van der Waals surface area (Å²) in [5.74, 6) is -1.19. The molecule has 0 radical (unpaired) electrons. The number of hydrogen-bond donors (Lipinski definition) is 3. The van der Waals surface area contributed by atoms with Crippen LogP contribution in [-0.2, 0) is 24.3 Å². The maximum Gasteiger partial charge on any atom is 0.278 e. The fraction of sp³-hybridized carbons (Fsp3) is 0.333. The summed E-state index contributed by atoms with van der Waals surface area (Å²) >= 11 is 0. The lowest BCUT2D eigenvalue weighted by molar-refractivity contribution is -0.133. The van der Waals surface area contributed by atoms with Crippen LogP contribution in [0.5, 0.6) is 0 Å². The summed E-state index contributed by atoms with van der Waals surface area (Å²) in [6, 6.07) is 2.49. The van der Waals surface area contributed by atoms with Crippen LogP contribution < -0.4 is 11.1 Å². The van der Waals surface area contributed by atoms with Crippen molar-refractivity contribution in [2.45, 2.75) is 32.0 Å². The fourth-order valence-corrected chi connectivity index (χ4v) is 3.37. The first kappa shape index (κ1) is 20.5. The van der Waals surface area contributed by atoms with E-state index in [1.54, 1.807) is 15.7 Å². The zero-order valence-electron chi connectivity index (χ0n) is 16.3. The average molecular weight is 431 g/mol. The van der Waals surface area contributed by atoms with Gasteiger partial charge in [-0.3, -0.25) is 14.9 Å². The number of anilines is 1. The van der Waals surface area contributed by atoms with Gasteiger partial charge in [-0.25, -0.2) is 18.9 Å². The standard InChI is InChI=1S/C18H19F2N9O2/c19-11-1-2-13(20)10(5-11)6-12(21)7-16(30)29-4-3-28-8-14(22-15(28)9-29)17(31)23-18-24-26-27-25-18/h1-2,5,8,12H,3-4,6-7,9,21H2,(H2,23,24,25,26,27,31)/t12-/m1/s1. The van der Waals surface area contributed by atoms with E-state index in [4.69, 9.17) is 5.73 Å². The maximum absolute atomic E-state index is 13.8. The van der Waals surface area contributed by atoms with Gasteiger partial charge >= 0.3 is 0 Å². The monoisotopic (exact) mass is 431 g/mol. The molecule has 0 aliphatic carbocycles. The molecule has 0 saturated carbocycles. The van der Waals surface area contributed by atoms with E-state index in [2.05, 4.69) is 30.9 Å². The van der Waals surface area contributed by atoms with Gasteiger partial charge in [0.15, 0.2) is 0 Å². The number of halogens is 2. The number of carbonyl (C=O) groups is 2. The van der Waals surface area contributed by atoms with Gasteiger partial charge in [0.05, 0.1) is 6.54 Å². The molecule has 4 N–H and O–H groups in total. The lowest BCUT2D eigenvalue weighted by atomic mass is 10.0. The van der Waals surface area contributed by atoms with Crippen LogP contribution in [0.15, 0.2) is 24.4 Å². The van der Waals surface area contributed by atoms with Crippen molar-refractivity contribution in [3.8, 4) is 0 Å². The smallest absolute Gasteiger partial charge is 0.278 e. The minimum atomic E-state index is -0.665. The Kier molecular flexibility index (Phi) is 5.66. The largest absolute Gasteiger partial charge is 0.333 e. The third-order valence-corrected chi connectivity index (χ3v) is 4.89.